The Kier molecular flexibility index (Phi) is 3.88. The molecule has 0 unspecified atom stereocenters. The van der Waals surface area contributed by atoms with Gasteiger partial charge in [-0.15, -0.1) is 0 Å². The number of nitrogens with one attached hydrogen (secondary N) is 1. The number of rotatable bonds is 3. The molecule has 0 radical (unpaired) electrons. The zero-order chi connectivity index (χ0) is 15.1. The van der Waals surface area contributed by atoms with Crippen molar-refractivity contribution in [3.8, 4) is 0 Å². The summed E-state index contributed by atoms with van der Waals surface area (Å²) in [6.07, 6.45) is -3.79. The predicted octanol–water partition coefficient (Wildman–Crippen LogP) is 3.23. The third-order valence-electron chi connectivity index (χ3n) is 4.37. The topological polar surface area (TPSA) is 29.9 Å². The first-order valence-electron chi connectivity index (χ1n) is 6.99. The summed E-state index contributed by atoms with van der Waals surface area (Å²) in [4.78, 5) is 3.84. The van der Waals surface area contributed by atoms with Gasteiger partial charge >= 0.3 is 6.18 Å². The third-order valence-corrected chi connectivity index (χ3v) is 4.37. The average molecular weight is 289 g/mol. The van der Waals surface area contributed by atoms with E-state index in [0.29, 0.717) is 37.7 Å². The molecule has 1 aliphatic rings. The van der Waals surface area contributed by atoms with Crippen LogP contribution in [0.3, 0.4) is 0 Å². The minimum Gasteiger partial charge on any atom is -0.324 e. The van der Waals surface area contributed by atoms with Gasteiger partial charge in [0.1, 0.15) is 0 Å². The van der Waals surface area contributed by atoms with E-state index in [1.165, 1.54) is 4.57 Å². The van der Waals surface area contributed by atoms with E-state index in [4.69, 9.17) is 0 Å². The molecule has 2 rings (SSSR count). The number of hydrogen-bond acceptors (Lipinski definition) is 2. The van der Waals surface area contributed by atoms with E-state index in [9.17, 15) is 13.2 Å². The highest BCUT2D eigenvalue weighted by molar-refractivity contribution is 5.22. The molecule has 0 bridgehead atoms. The molecule has 3 nitrogen and oxygen atoms in total. The van der Waals surface area contributed by atoms with Gasteiger partial charge in [-0.25, -0.2) is 4.98 Å². The van der Waals surface area contributed by atoms with Crippen LogP contribution >= 0.6 is 0 Å². The fraction of sp³-hybridized carbons (Fsp3) is 0.786. The van der Waals surface area contributed by atoms with Crippen LogP contribution in [-0.2, 0) is 25.7 Å². The molecule has 1 aliphatic heterocycles. The van der Waals surface area contributed by atoms with Crippen LogP contribution in [0, 0.1) is 11.3 Å². The number of fused-ring (bicyclic) bond motifs is 1. The van der Waals surface area contributed by atoms with Crippen LogP contribution in [0.25, 0.3) is 0 Å². The second kappa shape index (κ2) is 5.06. The molecule has 0 amide bonds. The van der Waals surface area contributed by atoms with Crippen molar-refractivity contribution in [3.63, 3.8) is 0 Å². The fourth-order valence-corrected chi connectivity index (χ4v) is 2.35. The highest BCUT2D eigenvalue weighted by Gasteiger charge is 2.40. The van der Waals surface area contributed by atoms with Crippen LogP contribution in [0.1, 0.15) is 44.9 Å². The van der Waals surface area contributed by atoms with Crippen LogP contribution < -0.4 is 5.32 Å². The molecular weight excluding hydrogens is 267 g/mol. The summed E-state index contributed by atoms with van der Waals surface area (Å²) in [6, 6.07) is 0. The van der Waals surface area contributed by atoms with Crippen LogP contribution in [0.4, 0.5) is 13.2 Å². The Morgan fingerprint density at radius 1 is 1.30 bits per heavy atom. The van der Waals surface area contributed by atoms with Crippen LogP contribution in [0.2, 0.25) is 0 Å². The van der Waals surface area contributed by atoms with Gasteiger partial charge in [-0.05, 0) is 11.3 Å². The molecule has 1 aromatic rings. The van der Waals surface area contributed by atoms with Crippen LogP contribution in [0.5, 0.6) is 0 Å². The van der Waals surface area contributed by atoms with Crippen molar-refractivity contribution in [2.75, 3.05) is 6.54 Å². The Bertz CT molecular complexity index is 487. The maximum Gasteiger partial charge on any atom is 0.449 e. The lowest BCUT2D eigenvalue weighted by atomic mass is 9.81. The predicted molar refractivity (Wildman–Crippen MR) is 71.3 cm³/mol. The molecule has 1 N–H and O–H groups in total. The summed E-state index contributed by atoms with van der Waals surface area (Å²) in [6.45, 7) is 9.57. The molecule has 0 saturated heterocycles. The smallest absolute Gasteiger partial charge is 0.324 e. The van der Waals surface area contributed by atoms with E-state index in [0.717, 1.165) is 5.69 Å². The Balaban J connectivity index is 2.47. The van der Waals surface area contributed by atoms with Gasteiger partial charge in [0.05, 0.1) is 5.69 Å². The zero-order valence-corrected chi connectivity index (χ0v) is 12.4. The van der Waals surface area contributed by atoms with E-state index in [2.05, 4.69) is 10.3 Å². The SMILES string of the molecule is CC(C)C(C)(C)Cn1c(C(F)(F)F)nc2c1CCNC2. The summed E-state index contributed by atoms with van der Waals surface area (Å²) >= 11 is 0. The molecule has 6 heteroatoms. The van der Waals surface area contributed by atoms with E-state index in [1.54, 1.807) is 0 Å². The molecule has 0 spiro atoms. The van der Waals surface area contributed by atoms with Crippen molar-refractivity contribution in [2.24, 2.45) is 11.3 Å². The van der Waals surface area contributed by atoms with E-state index in [-0.39, 0.29) is 5.41 Å². The number of halogens is 3. The summed E-state index contributed by atoms with van der Waals surface area (Å²) in [5, 5.41) is 3.08. The van der Waals surface area contributed by atoms with E-state index >= 15 is 0 Å². The van der Waals surface area contributed by atoms with Crippen LogP contribution in [0.15, 0.2) is 0 Å². The first-order chi connectivity index (χ1) is 9.13. The Labute approximate surface area is 117 Å². The Morgan fingerprint density at radius 3 is 2.50 bits per heavy atom. The monoisotopic (exact) mass is 289 g/mol. The second-order valence-corrected chi connectivity index (χ2v) is 6.48. The van der Waals surface area contributed by atoms with E-state index < -0.39 is 12.0 Å². The molecule has 0 saturated carbocycles. The van der Waals surface area contributed by atoms with Gasteiger partial charge in [0.2, 0.25) is 5.82 Å². The van der Waals surface area contributed by atoms with Crippen LogP contribution in [-0.4, -0.2) is 16.1 Å². The van der Waals surface area contributed by atoms with Crippen molar-refractivity contribution < 1.29 is 13.2 Å². The largest absolute Gasteiger partial charge is 0.449 e. The molecule has 0 atom stereocenters. The molecule has 0 aromatic carbocycles. The molecular formula is C14H22F3N3. The van der Waals surface area contributed by atoms with E-state index in [1.807, 2.05) is 27.7 Å². The highest BCUT2D eigenvalue weighted by atomic mass is 19.4. The number of alkyl halides is 3. The van der Waals surface area contributed by atoms with Crippen molar-refractivity contribution in [3.05, 3.63) is 17.2 Å². The Hall–Kier alpha value is -1.04. The lowest BCUT2D eigenvalue weighted by molar-refractivity contribution is -0.148. The quantitative estimate of drug-likeness (QED) is 0.926. The van der Waals surface area contributed by atoms with Gasteiger partial charge < -0.3 is 9.88 Å². The van der Waals surface area contributed by atoms with Crippen molar-refractivity contribution in [1.29, 1.82) is 0 Å². The lowest BCUT2D eigenvalue weighted by Gasteiger charge is -2.31. The minimum absolute atomic E-state index is 0.209. The number of aromatic nitrogens is 2. The molecule has 2 heterocycles. The molecule has 0 fully saturated rings. The Morgan fingerprint density at radius 2 is 1.95 bits per heavy atom. The molecule has 20 heavy (non-hydrogen) atoms. The zero-order valence-electron chi connectivity index (χ0n) is 12.4. The maximum atomic E-state index is 13.2. The lowest BCUT2D eigenvalue weighted by Crippen LogP contribution is -2.31. The molecule has 1 aromatic heterocycles. The van der Waals surface area contributed by atoms with Gasteiger partial charge in [0, 0.05) is 31.7 Å². The summed E-state index contributed by atoms with van der Waals surface area (Å²) in [5.74, 6) is -0.455. The number of nitrogens with zero attached hydrogens (tertiary/aromatic N) is 2. The first kappa shape index (κ1) is 15.4. The van der Waals surface area contributed by atoms with Crippen molar-refractivity contribution in [1.82, 2.24) is 14.9 Å². The summed E-state index contributed by atoms with van der Waals surface area (Å²) in [5.41, 5.74) is 1.08. The van der Waals surface area contributed by atoms with Gasteiger partial charge in [0.25, 0.3) is 0 Å². The normalized spacial score (nSPS) is 16.6. The molecule has 0 aliphatic carbocycles. The van der Waals surface area contributed by atoms with Gasteiger partial charge in [-0.3, -0.25) is 0 Å². The third kappa shape index (κ3) is 2.85. The van der Waals surface area contributed by atoms with Crippen molar-refractivity contribution in [2.45, 2.75) is 53.4 Å². The average Bonchev–Trinajstić information content (AvgIpc) is 2.67. The van der Waals surface area contributed by atoms with Gasteiger partial charge in [0.15, 0.2) is 0 Å². The summed E-state index contributed by atoms with van der Waals surface area (Å²) < 4.78 is 41.0. The number of hydrogen-bond donors (Lipinski definition) is 1. The summed E-state index contributed by atoms with van der Waals surface area (Å²) in [7, 11) is 0. The number of imidazole rings is 1. The first-order valence-corrected chi connectivity index (χ1v) is 6.99. The minimum atomic E-state index is -4.40. The van der Waals surface area contributed by atoms with Gasteiger partial charge in [-0.1, -0.05) is 27.7 Å². The van der Waals surface area contributed by atoms with Crippen molar-refractivity contribution >= 4 is 0 Å². The molecule has 114 valence electrons. The second-order valence-electron chi connectivity index (χ2n) is 6.48. The maximum absolute atomic E-state index is 13.2. The fourth-order valence-electron chi connectivity index (χ4n) is 2.35. The van der Waals surface area contributed by atoms with Gasteiger partial charge in [-0.2, -0.15) is 13.2 Å². The standard InChI is InChI=1S/C14H22F3N3/c1-9(2)13(3,4)8-20-11-5-6-18-7-10(11)19-12(20)14(15,16)17/h9,18H,5-8H2,1-4H3. The highest BCUT2D eigenvalue weighted by Crippen LogP contribution is 2.35.